The molecule has 1 aromatic carbocycles. The number of fused-ring (bicyclic) bond motifs is 1. The van der Waals surface area contributed by atoms with E-state index in [0.29, 0.717) is 18.0 Å². The zero-order valence-electron chi connectivity index (χ0n) is 12.9. The van der Waals surface area contributed by atoms with Crippen LogP contribution < -0.4 is 5.32 Å². The standard InChI is InChI=1S/C18H22FN3/c1-12-10-22-11-16(6-7-18(22)20-12)21-17-8-14(9-17)13-2-4-15(19)5-3-13/h2-5,10,14,16-17,21H,6-9,11H2,1H3/t14?,16-,17?/m0/s1. The van der Waals surface area contributed by atoms with Gasteiger partial charge in [0.05, 0.1) is 5.69 Å². The minimum absolute atomic E-state index is 0.147. The molecule has 1 N–H and O–H groups in total. The Labute approximate surface area is 130 Å². The first kappa shape index (κ1) is 13.9. The van der Waals surface area contributed by atoms with Crippen LogP contribution in [-0.2, 0) is 13.0 Å². The number of benzene rings is 1. The van der Waals surface area contributed by atoms with Crippen molar-refractivity contribution in [2.24, 2.45) is 0 Å². The fourth-order valence-corrected chi connectivity index (χ4v) is 3.82. The Morgan fingerprint density at radius 3 is 2.73 bits per heavy atom. The zero-order valence-corrected chi connectivity index (χ0v) is 12.9. The monoisotopic (exact) mass is 299 g/mol. The van der Waals surface area contributed by atoms with E-state index in [4.69, 9.17) is 0 Å². The lowest BCUT2D eigenvalue weighted by Gasteiger charge is -2.39. The number of hydrogen-bond donors (Lipinski definition) is 1. The maximum Gasteiger partial charge on any atom is 0.123 e. The molecule has 1 aliphatic carbocycles. The number of imidazole rings is 1. The molecular formula is C18H22FN3. The van der Waals surface area contributed by atoms with Crippen molar-refractivity contribution in [3.05, 3.63) is 53.4 Å². The smallest absolute Gasteiger partial charge is 0.123 e. The molecule has 0 spiro atoms. The molecule has 0 bridgehead atoms. The number of nitrogens with one attached hydrogen (secondary N) is 1. The van der Waals surface area contributed by atoms with Crippen molar-refractivity contribution >= 4 is 0 Å². The van der Waals surface area contributed by atoms with E-state index in [2.05, 4.69) is 28.0 Å². The Balaban J connectivity index is 1.30. The Morgan fingerprint density at radius 1 is 1.18 bits per heavy atom. The molecule has 3 nitrogen and oxygen atoms in total. The normalized spacial score (nSPS) is 27.3. The van der Waals surface area contributed by atoms with Crippen LogP contribution in [0.1, 0.15) is 42.3 Å². The fraction of sp³-hybridized carbons (Fsp3) is 0.500. The van der Waals surface area contributed by atoms with Gasteiger partial charge in [-0.2, -0.15) is 0 Å². The summed E-state index contributed by atoms with van der Waals surface area (Å²) in [5.41, 5.74) is 2.39. The van der Waals surface area contributed by atoms with Gasteiger partial charge >= 0.3 is 0 Å². The third-order valence-corrected chi connectivity index (χ3v) is 5.06. The van der Waals surface area contributed by atoms with E-state index in [1.54, 1.807) is 12.1 Å². The Morgan fingerprint density at radius 2 is 1.95 bits per heavy atom. The predicted molar refractivity (Wildman–Crippen MR) is 84.4 cm³/mol. The van der Waals surface area contributed by atoms with Gasteiger partial charge in [0.25, 0.3) is 0 Å². The maximum atomic E-state index is 13.0. The van der Waals surface area contributed by atoms with E-state index in [1.165, 1.54) is 17.8 Å². The van der Waals surface area contributed by atoms with E-state index in [1.807, 2.05) is 12.1 Å². The van der Waals surface area contributed by atoms with E-state index in [0.717, 1.165) is 31.5 Å². The molecule has 1 saturated carbocycles. The number of halogens is 1. The Bertz CT molecular complexity index is 655. The fourth-order valence-electron chi connectivity index (χ4n) is 3.82. The number of aromatic nitrogens is 2. The van der Waals surface area contributed by atoms with Crippen molar-refractivity contribution in [2.45, 2.75) is 57.2 Å². The van der Waals surface area contributed by atoms with Crippen LogP contribution in [0.5, 0.6) is 0 Å². The molecule has 116 valence electrons. The van der Waals surface area contributed by atoms with Crippen molar-refractivity contribution < 1.29 is 4.39 Å². The molecular weight excluding hydrogens is 277 g/mol. The van der Waals surface area contributed by atoms with Crippen molar-refractivity contribution in [3.63, 3.8) is 0 Å². The van der Waals surface area contributed by atoms with Gasteiger partial charge in [-0.1, -0.05) is 12.1 Å². The molecule has 1 aromatic heterocycles. The van der Waals surface area contributed by atoms with Gasteiger partial charge in [-0.15, -0.1) is 0 Å². The molecule has 4 heteroatoms. The minimum Gasteiger partial charge on any atom is -0.333 e. The lowest BCUT2D eigenvalue weighted by molar-refractivity contribution is 0.239. The van der Waals surface area contributed by atoms with E-state index in [-0.39, 0.29) is 5.82 Å². The highest BCUT2D eigenvalue weighted by molar-refractivity contribution is 5.23. The summed E-state index contributed by atoms with van der Waals surface area (Å²) in [6.45, 7) is 3.10. The van der Waals surface area contributed by atoms with Crippen molar-refractivity contribution in [3.8, 4) is 0 Å². The summed E-state index contributed by atoms with van der Waals surface area (Å²) in [4.78, 5) is 4.56. The summed E-state index contributed by atoms with van der Waals surface area (Å²) in [5.74, 6) is 1.67. The number of hydrogen-bond acceptors (Lipinski definition) is 2. The van der Waals surface area contributed by atoms with Crippen LogP contribution in [0.15, 0.2) is 30.5 Å². The molecule has 0 radical (unpaired) electrons. The summed E-state index contributed by atoms with van der Waals surface area (Å²) in [7, 11) is 0. The SMILES string of the molecule is Cc1cn2c(n1)CC[C@H](NC1CC(c3ccc(F)cc3)C1)C2. The topological polar surface area (TPSA) is 29.9 Å². The van der Waals surface area contributed by atoms with Crippen molar-refractivity contribution in [2.75, 3.05) is 0 Å². The van der Waals surface area contributed by atoms with E-state index in [9.17, 15) is 4.39 Å². The van der Waals surface area contributed by atoms with Crippen molar-refractivity contribution in [1.29, 1.82) is 0 Å². The van der Waals surface area contributed by atoms with Crippen LogP contribution in [0, 0.1) is 12.7 Å². The average molecular weight is 299 g/mol. The van der Waals surface area contributed by atoms with Crippen LogP contribution >= 0.6 is 0 Å². The molecule has 2 aromatic rings. The average Bonchev–Trinajstić information content (AvgIpc) is 2.83. The van der Waals surface area contributed by atoms with Gasteiger partial charge in [-0.05, 0) is 49.8 Å². The van der Waals surface area contributed by atoms with Crippen LogP contribution in [0.4, 0.5) is 4.39 Å². The molecule has 1 fully saturated rings. The van der Waals surface area contributed by atoms with Gasteiger partial charge in [-0.3, -0.25) is 0 Å². The highest BCUT2D eigenvalue weighted by atomic mass is 19.1. The van der Waals surface area contributed by atoms with Gasteiger partial charge in [0.2, 0.25) is 0 Å². The maximum absolute atomic E-state index is 13.0. The second kappa shape index (κ2) is 5.51. The van der Waals surface area contributed by atoms with Crippen LogP contribution in [0.2, 0.25) is 0 Å². The van der Waals surface area contributed by atoms with Gasteiger partial charge in [0.15, 0.2) is 0 Å². The molecule has 0 amide bonds. The van der Waals surface area contributed by atoms with Gasteiger partial charge in [0.1, 0.15) is 11.6 Å². The second-order valence-electron chi connectivity index (χ2n) is 6.77. The minimum atomic E-state index is -0.147. The summed E-state index contributed by atoms with van der Waals surface area (Å²) in [6.07, 6.45) is 6.73. The quantitative estimate of drug-likeness (QED) is 0.943. The zero-order chi connectivity index (χ0) is 15.1. The third kappa shape index (κ3) is 2.68. The van der Waals surface area contributed by atoms with Gasteiger partial charge in [0, 0.05) is 31.2 Å². The molecule has 1 atom stereocenters. The first-order valence-electron chi connectivity index (χ1n) is 8.21. The molecule has 0 unspecified atom stereocenters. The first-order valence-corrected chi connectivity index (χ1v) is 8.21. The highest BCUT2D eigenvalue weighted by Gasteiger charge is 2.32. The van der Waals surface area contributed by atoms with Gasteiger partial charge in [-0.25, -0.2) is 9.37 Å². The number of nitrogens with zero attached hydrogens (tertiary/aromatic N) is 2. The van der Waals surface area contributed by atoms with Crippen LogP contribution in [-0.4, -0.2) is 21.6 Å². The number of aryl methyl sites for hydroxylation is 2. The lowest BCUT2D eigenvalue weighted by Crippen LogP contribution is -2.48. The predicted octanol–water partition coefficient (Wildman–Crippen LogP) is 3.18. The molecule has 0 saturated heterocycles. The Kier molecular flexibility index (Phi) is 3.49. The number of rotatable bonds is 3. The Hall–Kier alpha value is -1.68. The van der Waals surface area contributed by atoms with E-state index >= 15 is 0 Å². The third-order valence-electron chi connectivity index (χ3n) is 5.06. The second-order valence-corrected chi connectivity index (χ2v) is 6.77. The summed E-state index contributed by atoms with van der Waals surface area (Å²) < 4.78 is 15.3. The molecule has 2 aliphatic rings. The van der Waals surface area contributed by atoms with E-state index < -0.39 is 0 Å². The van der Waals surface area contributed by atoms with Crippen LogP contribution in [0.25, 0.3) is 0 Å². The molecule has 1 aliphatic heterocycles. The van der Waals surface area contributed by atoms with Crippen LogP contribution in [0.3, 0.4) is 0 Å². The molecule has 2 heterocycles. The summed E-state index contributed by atoms with van der Waals surface area (Å²) in [5, 5.41) is 3.79. The largest absolute Gasteiger partial charge is 0.333 e. The summed E-state index contributed by atoms with van der Waals surface area (Å²) >= 11 is 0. The first-order chi connectivity index (χ1) is 10.7. The summed E-state index contributed by atoms with van der Waals surface area (Å²) in [6, 6.07) is 8.15. The lowest BCUT2D eigenvalue weighted by atomic mass is 9.75. The molecule has 22 heavy (non-hydrogen) atoms. The molecule has 4 rings (SSSR count). The highest BCUT2D eigenvalue weighted by Crippen LogP contribution is 2.37. The van der Waals surface area contributed by atoms with Gasteiger partial charge < -0.3 is 9.88 Å². The van der Waals surface area contributed by atoms with Crippen molar-refractivity contribution in [1.82, 2.24) is 14.9 Å².